The van der Waals surface area contributed by atoms with Crippen LogP contribution in [0, 0.1) is 5.92 Å². The number of hydrogen-bond donors (Lipinski definition) is 1. The molecule has 0 fully saturated rings. The Balaban J connectivity index is 2.78. The lowest BCUT2D eigenvalue weighted by Crippen LogP contribution is -2.45. The smallest absolute Gasteiger partial charge is 0.328 e. The fourth-order valence-electron chi connectivity index (χ4n) is 1.51. The number of esters is 1. The van der Waals surface area contributed by atoms with Crippen molar-refractivity contribution in [2.45, 2.75) is 26.3 Å². The maximum absolute atomic E-state index is 11.9. The number of nitrogens with zero attached hydrogens (tertiary/aromatic N) is 1. The first-order chi connectivity index (χ1) is 8.60. The third-order valence-electron chi connectivity index (χ3n) is 2.85. The van der Waals surface area contributed by atoms with E-state index in [1.165, 1.54) is 13.3 Å². The van der Waals surface area contributed by atoms with E-state index in [9.17, 15) is 9.59 Å². The second kappa shape index (κ2) is 6.74. The summed E-state index contributed by atoms with van der Waals surface area (Å²) in [6.45, 7) is 3.84. The molecule has 0 bridgehead atoms. The Hall–Kier alpha value is -1.91. The van der Waals surface area contributed by atoms with Gasteiger partial charge in [0.05, 0.1) is 7.11 Å². The van der Waals surface area contributed by atoms with E-state index < -0.39 is 12.0 Å². The Morgan fingerprint density at radius 2 is 2.17 bits per heavy atom. The van der Waals surface area contributed by atoms with Crippen LogP contribution in [0.5, 0.6) is 0 Å². The van der Waals surface area contributed by atoms with Gasteiger partial charge >= 0.3 is 5.97 Å². The van der Waals surface area contributed by atoms with Gasteiger partial charge in [0, 0.05) is 6.20 Å². The monoisotopic (exact) mass is 250 g/mol. The first-order valence-electron chi connectivity index (χ1n) is 5.89. The highest BCUT2D eigenvalue weighted by atomic mass is 16.5. The maximum atomic E-state index is 11.9. The fourth-order valence-corrected chi connectivity index (χ4v) is 1.51. The van der Waals surface area contributed by atoms with Gasteiger partial charge in [-0.25, -0.2) is 4.79 Å². The molecule has 98 valence electrons. The van der Waals surface area contributed by atoms with Crippen LogP contribution in [0.2, 0.25) is 0 Å². The summed E-state index contributed by atoms with van der Waals surface area (Å²) in [5.74, 6) is -0.801. The number of ether oxygens (including phenoxy) is 1. The van der Waals surface area contributed by atoms with Gasteiger partial charge in [-0.1, -0.05) is 26.3 Å². The van der Waals surface area contributed by atoms with Gasteiger partial charge in [-0.15, -0.1) is 0 Å². The van der Waals surface area contributed by atoms with Crippen molar-refractivity contribution >= 4 is 11.9 Å². The number of hydrogen-bond acceptors (Lipinski definition) is 4. The van der Waals surface area contributed by atoms with E-state index in [1.807, 2.05) is 13.8 Å². The number of carbonyl (C=O) groups is 2. The number of carbonyl (C=O) groups excluding carboxylic acids is 2. The molecule has 1 heterocycles. The Bertz CT molecular complexity index is 406. The van der Waals surface area contributed by atoms with Crippen LogP contribution in [-0.2, 0) is 9.53 Å². The number of rotatable bonds is 5. The van der Waals surface area contributed by atoms with Gasteiger partial charge in [0.15, 0.2) is 0 Å². The minimum atomic E-state index is -0.644. The van der Waals surface area contributed by atoms with Crippen molar-refractivity contribution in [3.8, 4) is 0 Å². The average Bonchev–Trinajstić information content (AvgIpc) is 2.43. The SMILES string of the molecule is CC[C@@H](C)[C@H](NC(=O)c1ccccn1)C(=O)OC. The molecule has 18 heavy (non-hydrogen) atoms. The summed E-state index contributed by atoms with van der Waals surface area (Å²) in [5.41, 5.74) is 0.287. The van der Waals surface area contributed by atoms with Crippen molar-refractivity contribution in [2.24, 2.45) is 5.92 Å². The van der Waals surface area contributed by atoms with Crippen LogP contribution in [-0.4, -0.2) is 30.0 Å². The largest absolute Gasteiger partial charge is 0.467 e. The maximum Gasteiger partial charge on any atom is 0.328 e. The van der Waals surface area contributed by atoms with Gasteiger partial charge in [-0.05, 0) is 18.1 Å². The van der Waals surface area contributed by atoms with Crippen LogP contribution >= 0.6 is 0 Å². The number of nitrogens with one attached hydrogen (secondary N) is 1. The zero-order valence-corrected chi connectivity index (χ0v) is 10.8. The van der Waals surface area contributed by atoms with Crippen LogP contribution in [0.1, 0.15) is 30.8 Å². The summed E-state index contributed by atoms with van der Waals surface area (Å²) in [7, 11) is 1.31. The Kier molecular flexibility index (Phi) is 5.30. The molecule has 0 aliphatic heterocycles. The van der Waals surface area contributed by atoms with E-state index in [0.29, 0.717) is 0 Å². The molecule has 0 aliphatic rings. The Labute approximate surface area is 107 Å². The minimum Gasteiger partial charge on any atom is -0.467 e. The topological polar surface area (TPSA) is 68.3 Å². The molecule has 5 heteroatoms. The molecule has 0 saturated carbocycles. The molecule has 5 nitrogen and oxygen atoms in total. The summed E-state index contributed by atoms with van der Waals surface area (Å²) in [5, 5.41) is 2.66. The third kappa shape index (κ3) is 3.55. The predicted octanol–water partition coefficient (Wildman–Crippen LogP) is 1.40. The summed E-state index contributed by atoms with van der Waals surface area (Å²) in [6, 6.07) is 4.40. The van der Waals surface area contributed by atoms with Crippen molar-refractivity contribution in [3.63, 3.8) is 0 Å². The molecule has 0 aliphatic carbocycles. The summed E-state index contributed by atoms with van der Waals surface area (Å²) >= 11 is 0. The molecule has 1 aromatic heterocycles. The molecule has 1 amide bonds. The van der Waals surface area contributed by atoms with Crippen LogP contribution in [0.4, 0.5) is 0 Å². The molecule has 0 unspecified atom stereocenters. The molecule has 0 aromatic carbocycles. The van der Waals surface area contributed by atoms with E-state index in [1.54, 1.807) is 18.2 Å². The average molecular weight is 250 g/mol. The highest BCUT2D eigenvalue weighted by molar-refractivity contribution is 5.95. The van der Waals surface area contributed by atoms with Crippen molar-refractivity contribution in [1.82, 2.24) is 10.3 Å². The van der Waals surface area contributed by atoms with Crippen molar-refractivity contribution < 1.29 is 14.3 Å². The van der Waals surface area contributed by atoms with Crippen LogP contribution in [0.25, 0.3) is 0 Å². The van der Waals surface area contributed by atoms with Crippen LogP contribution in [0.15, 0.2) is 24.4 Å². The number of aromatic nitrogens is 1. The van der Waals surface area contributed by atoms with E-state index in [0.717, 1.165) is 6.42 Å². The van der Waals surface area contributed by atoms with Gasteiger partial charge in [0.2, 0.25) is 0 Å². The van der Waals surface area contributed by atoms with Gasteiger partial charge in [0.1, 0.15) is 11.7 Å². The number of pyridine rings is 1. The Morgan fingerprint density at radius 1 is 1.44 bits per heavy atom. The Morgan fingerprint density at radius 3 is 2.67 bits per heavy atom. The lowest BCUT2D eigenvalue weighted by Gasteiger charge is -2.21. The number of methoxy groups -OCH3 is 1. The summed E-state index contributed by atoms with van der Waals surface area (Å²) in [4.78, 5) is 27.5. The van der Waals surface area contributed by atoms with E-state index in [-0.39, 0.29) is 17.5 Å². The van der Waals surface area contributed by atoms with Crippen molar-refractivity contribution in [1.29, 1.82) is 0 Å². The lowest BCUT2D eigenvalue weighted by atomic mass is 9.99. The van der Waals surface area contributed by atoms with Gasteiger partial charge in [-0.2, -0.15) is 0 Å². The molecular weight excluding hydrogens is 232 g/mol. The first kappa shape index (κ1) is 14.2. The normalized spacial score (nSPS) is 13.5. The fraction of sp³-hybridized carbons (Fsp3) is 0.462. The molecule has 0 saturated heterocycles. The van der Waals surface area contributed by atoms with E-state index >= 15 is 0 Å². The standard InChI is InChI=1S/C13H18N2O3/c1-4-9(2)11(13(17)18-3)15-12(16)10-7-5-6-8-14-10/h5-9,11H,4H2,1-3H3,(H,15,16)/t9-,11+/m1/s1. The second-order valence-electron chi connectivity index (χ2n) is 4.07. The van der Waals surface area contributed by atoms with E-state index in [4.69, 9.17) is 4.74 Å². The van der Waals surface area contributed by atoms with Gasteiger partial charge in [0.25, 0.3) is 5.91 Å². The first-order valence-corrected chi connectivity index (χ1v) is 5.89. The lowest BCUT2D eigenvalue weighted by molar-refractivity contribution is -0.144. The molecule has 0 spiro atoms. The molecule has 1 rings (SSSR count). The van der Waals surface area contributed by atoms with Crippen molar-refractivity contribution in [3.05, 3.63) is 30.1 Å². The zero-order chi connectivity index (χ0) is 13.5. The summed E-state index contributed by atoms with van der Waals surface area (Å²) in [6.07, 6.45) is 2.30. The predicted molar refractivity (Wildman–Crippen MR) is 67.0 cm³/mol. The zero-order valence-electron chi connectivity index (χ0n) is 10.8. The molecule has 1 aromatic rings. The third-order valence-corrected chi connectivity index (χ3v) is 2.85. The molecule has 0 radical (unpaired) electrons. The van der Waals surface area contributed by atoms with E-state index in [2.05, 4.69) is 10.3 Å². The van der Waals surface area contributed by atoms with Gasteiger partial charge in [-0.3, -0.25) is 9.78 Å². The highest BCUT2D eigenvalue weighted by Gasteiger charge is 2.27. The molecular formula is C13H18N2O3. The quantitative estimate of drug-likeness (QED) is 0.802. The minimum absolute atomic E-state index is 0.00473. The van der Waals surface area contributed by atoms with Crippen LogP contribution in [0.3, 0.4) is 0 Å². The second-order valence-corrected chi connectivity index (χ2v) is 4.07. The molecule has 1 N–H and O–H groups in total. The summed E-state index contributed by atoms with van der Waals surface area (Å²) < 4.78 is 4.70. The van der Waals surface area contributed by atoms with Gasteiger partial charge < -0.3 is 10.1 Å². The van der Waals surface area contributed by atoms with Crippen molar-refractivity contribution in [2.75, 3.05) is 7.11 Å². The number of amides is 1. The molecule has 2 atom stereocenters. The highest BCUT2D eigenvalue weighted by Crippen LogP contribution is 2.10. The van der Waals surface area contributed by atoms with Crippen LogP contribution < -0.4 is 5.32 Å².